The van der Waals surface area contributed by atoms with Crippen LogP contribution in [0.1, 0.15) is 51.0 Å². The van der Waals surface area contributed by atoms with E-state index in [1.54, 1.807) is 49.8 Å². The van der Waals surface area contributed by atoms with Crippen LogP contribution >= 0.6 is 11.3 Å². The lowest BCUT2D eigenvalue weighted by molar-refractivity contribution is 0.102. The Morgan fingerprint density at radius 2 is 1.88 bits per heavy atom. The number of hydrogen-bond donors (Lipinski definition) is 2. The van der Waals surface area contributed by atoms with Crippen molar-refractivity contribution in [1.82, 2.24) is 19.5 Å². The van der Waals surface area contributed by atoms with E-state index in [0.29, 0.717) is 28.0 Å². The fourth-order valence-electron chi connectivity index (χ4n) is 3.54. The third-order valence-electron chi connectivity index (χ3n) is 4.92. The van der Waals surface area contributed by atoms with Gasteiger partial charge in [0.1, 0.15) is 0 Å². The number of sulfonamides is 1. The van der Waals surface area contributed by atoms with Gasteiger partial charge in [0.2, 0.25) is 10.0 Å². The second-order valence-electron chi connectivity index (χ2n) is 9.29. The molecule has 178 valence electrons. The van der Waals surface area contributed by atoms with Gasteiger partial charge in [-0.3, -0.25) is 4.79 Å². The Labute approximate surface area is 203 Å². The number of carbonyl (C=O) groups is 1. The van der Waals surface area contributed by atoms with E-state index >= 15 is 0 Å². The second kappa shape index (κ2) is 8.94. The number of aromatic nitrogens is 3. The van der Waals surface area contributed by atoms with E-state index < -0.39 is 15.6 Å². The summed E-state index contributed by atoms with van der Waals surface area (Å²) in [4.78, 5) is 19.2. The van der Waals surface area contributed by atoms with Crippen molar-refractivity contribution in [3.8, 4) is 10.6 Å². The van der Waals surface area contributed by atoms with Gasteiger partial charge in [0.05, 0.1) is 32.6 Å². The zero-order valence-electron chi connectivity index (χ0n) is 19.7. The van der Waals surface area contributed by atoms with Crippen molar-refractivity contribution < 1.29 is 13.2 Å². The SMILES string of the molecule is CC(C)n1ncc2c(C(=O)Nc3cccc(S(=O)(=O)NC(C)(C)C)c3)cc(-c3cccs3)nc21. The molecule has 0 radical (unpaired) electrons. The number of amides is 1. The van der Waals surface area contributed by atoms with Gasteiger partial charge >= 0.3 is 0 Å². The highest BCUT2D eigenvalue weighted by atomic mass is 32.2. The number of carbonyl (C=O) groups excluding carboxylic acids is 1. The fourth-order valence-corrected chi connectivity index (χ4v) is 5.69. The zero-order valence-corrected chi connectivity index (χ0v) is 21.3. The molecule has 0 bridgehead atoms. The summed E-state index contributed by atoms with van der Waals surface area (Å²) in [6.45, 7) is 9.32. The highest BCUT2D eigenvalue weighted by Gasteiger charge is 2.23. The van der Waals surface area contributed by atoms with Crippen LogP contribution in [0.4, 0.5) is 5.69 Å². The molecule has 10 heteroatoms. The number of thiophene rings is 1. The lowest BCUT2D eigenvalue weighted by Gasteiger charge is -2.20. The van der Waals surface area contributed by atoms with Gasteiger partial charge in [-0.25, -0.2) is 22.8 Å². The molecule has 0 aliphatic heterocycles. The van der Waals surface area contributed by atoms with Crippen molar-refractivity contribution in [2.75, 3.05) is 5.32 Å². The Hall–Kier alpha value is -3.08. The highest BCUT2D eigenvalue weighted by molar-refractivity contribution is 7.89. The molecule has 0 fully saturated rings. The molecule has 1 amide bonds. The molecular weight excluding hydrogens is 470 g/mol. The quantitative estimate of drug-likeness (QED) is 0.387. The predicted octanol–water partition coefficient (Wildman–Crippen LogP) is 5.07. The lowest BCUT2D eigenvalue weighted by atomic mass is 10.1. The molecule has 0 aliphatic carbocycles. The van der Waals surface area contributed by atoms with Gasteiger partial charge in [0.15, 0.2) is 5.65 Å². The van der Waals surface area contributed by atoms with Crippen LogP contribution in [-0.2, 0) is 10.0 Å². The molecule has 0 spiro atoms. The first-order chi connectivity index (χ1) is 15.9. The molecule has 3 aromatic heterocycles. The first-order valence-electron chi connectivity index (χ1n) is 10.8. The Morgan fingerprint density at radius 1 is 1.12 bits per heavy atom. The smallest absolute Gasteiger partial charge is 0.256 e. The van der Waals surface area contributed by atoms with Crippen LogP contribution in [0.2, 0.25) is 0 Å². The van der Waals surface area contributed by atoms with Crippen molar-refractivity contribution in [3.05, 3.63) is 59.6 Å². The summed E-state index contributed by atoms with van der Waals surface area (Å²) in [5.74, 6) is -0.369. The van der Waals surface area contributed by atoms with Crippen molar-refractivity contribution >= 4 is 44.0 Å². The van der Waals surface area contributed by atoms with E-state index in [4.69, 9.17) is 4.98 Å². The number of nitrogens with one attached hydrogen (secondary N) is 2. The van der Waals surface area contributed by atoms with Gasteiger partial charge in [-0.1, -0.05) is 12.1 Å². The summed E-state index contributed by atoms with van der Waals surface area (Å²) in [5, 5.41) is 9.87. The number of anilines is 1. The van der Waals surface area contributed by atoms with Crippen LogP contribution in [0.3, 0.4) is 0 Å². The first-order valence-corrected chi connectivity index (χ1v) is 13.2. The van der Waals surface area contributed by atoms with E-state index in [-0.39, 0.29) is 16.8 Å². The topological polar surface area (TPSA) is 106 Å². The number of fused-ring (bicyclic) bond motifs is 1. The van der Waals surface area contributed by atoms with Crippen LogP contribution < -0.4 is 10.0 Å². The molecule has 0 saturated carbocycles. The van der Waals surface area contributed by atoms with Gasteiger partial charge in [0, 0.05) is 17.3 Å². The summed E-state index contributed by atoms with van der Waals surface area (Å²) in [6, 6.07) is 11.9. The molecule has 0 saturated heterocycles. The van der Waals surface area contributed by atoms with Gasteiger partial charge in [0.25, 0.3) is 5.91 Å². The third-order valence-corrected chi connectivity index (χ3v) is 7.56. The maximum absolute atomic E-state index is 13.4. The van der Waals surface area contributed by atoms with E-state index in [1.807, 2.05) is 31.4 Å². The van der Waals surface area contributed by atoms with Crippen LogP contribution in [-0.4, -0.2) is 34.6 Å². The van der Waals surface area contributed by atoms with Crippen molar-refractivity contribution in [2.24, 2.45) is 0 Å². The second-order valence-corrected chi connectivity index (χ2v) is 11.9. The molecule has 4 aromatic rings. The number of nitrogens with zero attached hydrogens (tertiary/aromatic N) is 3. The van der Waals surface area contributed by atoms with Crippen molar-refractivity contribution in [1.29, 1.82) is 0 Å². The average Bonchev–Trinajstić information content (AvgIpc) is 3.41. The van der Waals surface area contributed by atoms with Crippen LogP contribution in [0.15, 0.2) is 58.9 Å². The summed E-state index contributed by atoms with van der Waals surface area (Å²) in [6.07, 6.45) is 1.64. The minimum absolute atomic E-state index is 0.0664. The summed E-state index contributed by atoms with van der Waals surface area (Å²) in [7, 11) is -3.74. The van der Waals surface area contributed by atoms with Crippen molar-refractivity contribution in [3.63, 3.8) is 0 Å². The van der Waals surface area contributed by atoms with E-state index in [0.717, 1.165) is 4.88 Å². The molecule has 0 atom stereocenters. The Balaban J connectivity index is 1.73. The van der Waals surface area contributed by atoms with Crippen LogP contribution in [0, 0.1) is 0 Å². The Bertz CT molecular complexity index is 1450. The van der Waals surface area contributed by atoms with Gasteiger partial charge in [-0.15, -0.1) is 11.3 Å². The fraction of sp³-hybridized carbons (Fsp3) is 0.292. The normalized spacial score (nSPS) is 12.4. The van der Waals surface area contributed by atoms with E-state index in [9.17, 15) is 13.2 Å². The monoisotopic (exact) mass is 497 g/mol. The summed E-state index contributed by atoms with van der Waals surface area (Å²) < 4.78 is 29.9. The molecule has 34 heavy (non-hydrogen) atoms. The molecule has 0 unspecified atom stereocenters. The molecule has 3 heterocycles. The van der Waals surface area contributed by atoms with E-state index in [1.165, 1.54) is 23.5 Å². The first kappa shape index (κ1) is 24.1. The molecule has 0 aliphatic rings. The van der Waals surface area contributed by atoms with Crippen LogP contribution in [0.25, 0.3) is 21.6 Å². The summed E-state index contributed by atoms with van der Waals surface area (Å²) >= 11 is 1.54. The summed E-state index contributed by atoms with van der Waals surface area (Å²) in [5.41, 5.74) is 1.47. The van der Waals surface area contributed by atoms with E-state index in [2.05, 4.69) is 15.1 Å². The van der Waals surface area contributed by atoms with Gasteiger partial charge < -0.3 is 5.32 Å². The van der Waals surface area contributed by atoms with Gasteiger partial charge in [-0.05, 0) is 70.3 Å². The van der Waals surface area contributed by atoms with Gasteiger partial charge in [-0.2, -0.15) is 5.10 Å². The molecule has 4 rings (SSSR count). The molecule has 1 aromatic carbocycles. The Kier molecular flexibility index (Phi) is 6.32. The van der Waals surface area contributed by atoms with Crippen molar-refractivity contribution in [2.45, 2.75) is 51.1 Å². The average molecular weight is 498 g/mol. The largest absolute Gasteiger partial charge is 0.322 e. The minimum atomic E-state index is -3.74. The Morgan fingerprint density at radius 3 is 2.53 bits per heavy atom. The zero-order chi connectivity index (χ0) is 24.7. The number of rotatable bonds is 6. The number of benzene rings is 1. The number of hydrogen-bond acceptors (Lipinski definition) is 6. The molecule has 8 nitrogen and oxygen atoms in total. The minimum Gasteiger partial charge on any atom is -0.322 e. The molecular formula is C24H27N5O3S2. The lowest BCUT2D eigenvalue weighted by Crippen LogP contribution is -2.40. The van der Waals surface area contributed by atoms with Crippen LogP contribution in [0.5, 0.6) is 0 Å². The number of pyridine rings is 1. The standard InChI is InChI=1S/C24H27N5O3S2/c1-15(2)29-22-19(14-25-29)18(13-20(27-22)21-10-7-11-33-21)23(30)26-16-8-6-9-17(12-16)34(31,32)28-24(3,4)5/h6-15,28H,1-5H3,(H,26,30). The maximum atomic E-state index is 13.4. The highest BCUT2D eigenvalue weighted by Crippen LogP contribution is 2.29. The molecule has 2 N–H and O–H groups in total. The maximum Gasteiger partial charge on any atom is 0.256 e. The predicted molar refractivity (Wildman–Crippen MR) is 136 cm³/mol. The third kappa shape index (κ3) is 5.03.